The van der Waals surface area contributed by atoms with Crippen LogP contribution in [0.5, 0.6) is 0 Å². The van der Waals surface area contributed by atoms with E-state index in [0.29, 0.717) is 6.04 Å². The molecule has 1 unspecified atom stereocenters. The van der Waals surface area contributed by atoms with E-state index in [9.17, 15) is 0 Å². The molecule has 3 nitrogen and oxygen atoms in total. The maximum atomic E-state index is 4.35. The number of hydrogen-bond acceptors (Lipinski definition) is 4. The quantitative estimate of drug-likeness (QED) is 0.848. The van der Waals surface area contributed by atoms with Crippen LogP contribution in [0, 0.1) is 13.8 Å². The summed E-state index contributed by atoms with van der Waals surface area (Å²) >= 11 is 1.66. The molecule has 0 fully saturated rings. The lowest BCUT2D eigenvalue weighted by Gasteiger charge is -2.22. The highest BCUT2D eigenvalue weighted by Crippen LogP contribution is 2.20. The zero-order valence-corrected chi connectivity index (χ0v) is 14.2. The summed E-state index contributed by atoms with van der Waals surface area (Å²) < 4.78 is 0. The van der Waals surface area contributed by atoms with Gasteiger partial charge in [-0.2, -0.15) is 0 Å². The summed E-state index contributed by atoms with van der Waals surface area (Å²) in [6.45, 7) is 6.30. The molecule has 1 heterocycles. The smallest absolute Gasteiger partial charge is 0.0795 e. The molecule has 1 atom stereocenters. The minimum absolute atomic E-state index is 0.404. The molecule has 4 heteroatoms. The maximum absolute atomic E-state index is 4.35. The molecule has 2 aromatic rings. The Morgan fingerprint density at radius 1 is 1.24 bits per heavy atom. The number of aromatic nitrogens is 1. The zero-order chi connectivity index (χ0) is 15.2. The summed E-state index contributed by atoms with van der Waals surface area (Å²) in [7, 11) is 4.20. The number of thiazole rings is 1. The molecular weight excluding hydrogens is 278 g/mol. The Balaban J connectivity index is 1.92. The highest BCUT2D eigenvalue weighted by molar-refractivity contribution is 7.07. The predicted molar refractivity (Wildman–Crippen MR) is 90.8 cm³/mol. The van der Waals surface area contributed by atoms with Gasteiger partial charge in [0.15, 0.2) is 0 Å². The first kappa shape index (κ1) is 16.1. The van der Waals surface area contributed by atoms with E-state index in [0.717, 1.165) is 25.2 Å². The van der Waals surface area contributed by atoms with Crippen molar-refractivity contribution in [3.05, 3.63) is 51.5 Å². The van der Waals surface area contributed by atoms with Crippen LogP contribution in [0.15, 0.2) is 29.1 Å². The van der Waals surface area contributed by atoms with Crippen LogP contribution >= 0.6 is 11.3 Å². The van der Waals surface area contributed by atoms with Gasteiger partial charge in [0.05, 0.1) is 11.2 Å². The Morgan fingerprint density at radius 2 is 1.95 bits per heavy atom. The lowest BCUT2D eigenvalue weighted by atomic mass is 9.99. The largest absolute Gasteiger partial charge is 0.313 e. The number of rotatable bonds is 7. The van der Waals surface area contributed by atoms with E-state index in [-0.39, 0.29) is 0 Å². The molecule has 21 heavy (non-hydrogen) atoms. The minimum atomic E-state index is 0.404. The first-order valence-electron chi connectivity index (χ1n) is 7.39. The molecule has 0 amide bonds. The fourth-order valence-electron chi connectivity index (χ4n) is 2.71. The van der Waals surface area contributed by atoms with Gasteiger partial charge in [0.1, 0.15) is 0 Å². The Hall–Kier alpha value is -1.23. The van der Waals surface area contributed by atoms with Gasteiger partial charge in [0.2, 0.25) is 0 Å². The van der Waals surface area contributed by atoms with Crippen molar-refractivity contribution in [2.75, 3.05) is 20.6 Å². The highest BCUT2D eigenvalue weighted by atomic mass is 32.1. The number of nitrogens with zero attached hydrogens (tertiary/aromatic N) is 2. The van der Waals surface area contributed by atoms with E-state index in [1.165, 1.54) is 16.7 Å². The van der Waals surface area contributed by atoms with Gasteiger partial charge in [-0.25, -0.2) is 4.98 Å². The fourth-order valence-corrected chi connectivity index (χ4v) is 3.26. The number of aryl methyl sites for hydroxylation is 2. The molecule has 0 spiro atoms. The summed E-state index contributed by atoms with van der Waals surface area (Å²) in [5.41, 5.74) is 7.11. The van der Waals surface area contributed by atoms with Gasteiger partial charge < -0.3 is 10.2 Å². The monoisotopic (exact) mass is 303 g/mol. The van der Waals surface area contributed by atoms with Gasteiger partial charge in [-0.05, 0) is 39.9 Å². The van der Waals surface area contributed by atoms with E-state index in [1.807, 2.05) is 12.6 Å². The van der Waals surface area contributed by atoms with Crippen LogP contribution in [0.1, 0.15) is 34.8 Å². The lowest BCUT2D eigenvalue weighted by molar-refractivity contribution is 0.301. The van der Waals surface area contributed by atoms with Crippen LogP contribution in [0.25, 0.3) is 0 Å². The van der Waals surface area contributed by atoms with Crippen molar-refractivity contribution < 1.29 is 0 Å². The van der Waals surface area contributed by atoms with Crippen LogP contribution in [0.4, 0.5) is 0 Å². The van der Waals surface area contributed by atoms with Gasteiger partial charge in [0, 0.05) is 24.5 Å². The van der Waals surface area contributed by atoms with Crippen molar-refractivity contribution in [2.45, 2.75) is 32.9 Å². The van der Waals surface area contributed by atoms with Gasteiger partial charge in [-0.1, -0.05) is 29.3 Å². The highest BCUT2D eigenvalue weighted by Gasteiger charge is 2.11. The summed E-state index contributed by atoms with van der Waals surface area (Å²) in [5.74, 6) is 0. The molecular formula is C17H25N3S. The van der Waals surface area contributed by atoms with Crippen molar-refractivity contribution in [2.24, 2.45) is 0 Å². The van der Waals surface area contributed by atoms with E-state index in [2.05, 4.69) is 59.7 Å². The van der Waals surface area contributed by atoms with Gasteiger partial charge in [-0.3, -0.25) is 0 Å². The molecule has 0 aliphatic rings. The Kier molecular flexibility index (Phi) is 5.91. The van der Waals surface area contributed by atoms with E-state index in [1.54, 1.807) is 11.3 Å². The second-order valence-corrected chi connectivity index (χ2v) is 6.49. The van der Waals surface area contributed by atoms with Gasteiger partial charge >= 0.3 is 0 Å². The number of nitrogens with one attached hydrogen (secondary N) is 1. The van der Waals surface area contributed by atoms with Crippen molar-refractivity contribution >= 4 is 11.3 Å². The first-order chi connectivity index (χ1) is 10.1. The molecule has 0 aliphatic carbocycles. The number of benzene rings is 1. The third-order valence-corrected chi connectivity index (χ3v) is 4.35. The third-order valence-electron chi connectivity index (χ3n) is 3.71. The molecule has 114 valence electrons. The molecule has 1 N–H and O–H groups in total. The minimum Gasteiger partial charge on any atom is -0.313 e. The van der Waals surface area contributed by atoms with Crippen LogP contribution in [-0.2, 0) is 6.54 Å². The average molecular weight is 303 g/mol. The predicted octanol–water partition coefficient (Wildman–Crippen LogP) is 3.54. The Morgan fingerprint density at radius 3 is 2.52 bits per heavy atom. The van der Waals surface area contributed by atoms with Crippen LogP contribution in [0.3, 0.4) is 0 Å². The molecule has 1 aromatic heterocycles. The summed E-state index contributed by atoms with van der Waals surface area (Å²) in [4.78, 5) is 6.68. The van der Waals surface area contributed by atoms with Crippen molar-refractivity contribution in [1.82, 2.24) is 15.2 Å². The zero-order valence-electron chi connectivity index (χ0n) is 13.4. The van der Waals surface area contributed by atoms with Gasteiger partial charge in [-0.15, -0.1) is 11.3 Å². The maximum Gasteiger partial charge on any atom is 0.0795 e. The fraction of sp³-hybridized carbons (Fsp3) is 0.471. The van der Waals surface area contributed by atoms with E-state index < -0.39 is 0 Å². The van der Waals surface area contributed by atoms with Crippen molar-refractivity contribution in [3.8, 4) is 0 Å². The van der Waals surface area contributed by atoms with Crippen LogP contribution < -0.4 is 5.32 Å². The first-order valence-corrected chi connectivity index (χ1v) is 8.34. The van der Waals surface area contributed by atoms with Crippen molar-refractivity contribution in [3.63, 3.8) is 0 Å². The summed E-state index contributed by atoms with van der Waals surface area (Å²) in [5, 5.41) is 5.57. The SMILES string of the molecule is CNC(CCN(C)Cc1cscn1)c1cc(C)cc(C)c1. The standard InChI is InChI=1S/C17H25N3S/c1-13-7-14(2)9-15(8-13)17(18-3)5-6-20(4)10-16-11-21-12-19-16/h7-9,11-12,17-18H,5-6,10H2,1-4H3. The van der Waals surface area contributed by atoms with Crippen LogP contribution in [0.2, 0.25) is 0 Å². The third kappa shape index (κ3) is 4.92. The molecule has 0 radical (unpaired) electrons. The normalized spacial score (nSPS) is 12.8. The van der Waals surface area contributed by atoms with E-state index in [4.69, 9.17) is 0 Å². The van der Waals surface area contributed by atoms with Gasteiger partial charge in [0.25, 0.3) is 0 Å². The Bertz CT molecular complexity index is 531. The molecule has 0 bridgehead atoms. The summed E-state index contributed by atoms with van der Waals surface area (Å²) in [6, 6.07) is 7.20. The Labute approximate surface area is 132 Å². The molecule has 0 aliphatic heterocycles. The molecule has 1 aromatic carbocycles. The average Bonchev–Trinajstić information content (AvgIpc) is 2.91. The molecule has 0 saturated carbocycles. The molecule has 2 rings (SSSR count). The van der Waals surface area contributed by atoms with Crippen molar-refractivity contribution in [1.29, 1.82) is 0 Å². The second kappa shape index (κ2) is 7.69. The van der Waals surface area contributed by atoms with E-state index >= 15 is 0 Å². The number of hydrogen-bond donors (Lipinski definition) is 1. The topological polar surface area (TPSA) is 28.2 Å². The van der Waals surface area contributed by atoms with Crippen LogP contribution in [-0.4, -0.2) is 30.5 Å². The molecule has 0 saturated heterocycles. The lowest BCUT2D eigenvalue weighted by Crippen LogP contribution is -2.25. The second-order valence-electron chi connectivity index (χ2n) is 5.77. The summed E-state index contributed by atoms with van der Waals surface area (Å²) in [6.07, 6.45) is 1.10.